The number of rotatable bonds is 3. The van der Waals surface area contributed by atoms with Crippen LogP contribution in [-0.2, 0) is 0 Å². The van der Waals surface area contributed by atoms with Crippen molar-refractivity contribution in [2.75, 3.05) is 0 Å². The Bertz CT molecular complexity index is 3260. The van der Waals surface area contributed by atoms with Crippen LogP contribution in [0.3, 0.4) is 0 Å². The van der Waals surface area contributed by atoms with E-state index in [9.17, 15) is 5.26 Å². The molecule has 240 valence electrons. The Morgan fingerprint density at radius 1 is 0.423 bits per heavy atom. The lowest BCUT2D eigenvalue weighted by Gasteiger charge is -2.19. The lowest BCUT2D eigenvalue weighted by molar-refractivity contribution is 0.669. The molecule has 0 spiro atoms. The Morgan fingerprint density at radius 3 is 1.77 bits per heavy atom. The van der Waals surface area contributed by atoms with Gasteiger partial charge in [-0.2, -0.15) is 5.26 Å². The second kappa shape index (κ2) is 10.9. The molecule has 0 saturated carbocycles. The van der Waals surface area contributed by atoms with Crippen LogP contribution in [0.1, 0.15) is 5.56 Å². The molecule has 9 aromatic carbocycles. The first kappa shape index (κ1) is 28.7. The summed E-state index contributed by atoms with van der Waals surface area (Å²) >= 11 is 0. The zero-order valence-electron chi connectivity index (χ0n) is 28.0. The molecule has 52 heavy (non-hydrogen) atoms. The molecule has 11 rings (SSSR count). The van der Waals surface area contributed by atoms with Gasteiger partial charge < -0.3 is 8.98 Å². The number of benzene rings is 9. The summed E-state index contributed by atoms with van der Waals surface area (Å²) in [6.45, 7) is 0. The largest absolute Gasteiger partial charge is 0.456 e. The first-order valence-electron chi connectivity index (χ1n) is 17.6. The monoisotopic (exact) mass is 660 g/mol. The van der Waals surface area contributed by atoms with E-state index in [4.69, 9.17) is 4.42 Å². The van der Waals surface area contributed by atoms with Gasteiger partial charge in [0.2, 0.25) is 0 Å². The van der Waals surface area contributed by atoms with E-state index in [0.717, 1.165) is 55.0 Å². The van der Waals surface area contributed by atoms with Gasteiger partial charge in [-0.05, 0) is 109 Å². The van der Waals surface area contributed by atoms with E-state index in [-0.39, 0.29) is 0 Å². The van der Waals surface area contributed by atoms with Crippen LogP contribution in [0.15, 0.2) is 174 Å². The van der Waals surface area contributed by atoms with Gasteiger partial charge in [0.15, 0.2) is 0 Å². The number of aromatic nitrogens is 1. The summed E-state index contributed by atoms with van der Waals surface area (Å²) in [6.07, 6.45) is 0. The van der Waals surface area contributed by atoms with Gasteiger partial charge in [0, 0.05) is 27.2 Å². The van der Waals surface area contributed by atoms with Crippen LogP contribution in [-0.4, -0.2) is 4.57 Å². The summed E-state index contributed by atoms with van der Waals surface area (Å²) in [4.78, 5) is 0. The van der Waals surface area contributed by atoms with E-state index < -0.39 is 0 Å². The lowest BCUT2D eigenvalue weighted by atomic mass is 9.84. The fourth-order valence-electron chi connectivity index (χ4n) is 8.55. The van der Waals surface area contributed by atoms with Crippen molar-refractivity contribution in [3.63, 3.8) is 0 Å². The minimum Gasteiger partial charge on any atom is -0.456 e. The van der Waals surface area contributed by atoms with Crippen molar-refractivity contribution in [1.29, 1.82) is 5.26 Å². The number of nitriles is 1. The van der Waals surface area contributed by atoms with E-state index in [1.54, 1.807) is 0 Å². The first-order chi connectivity index (χ1) is 25.7. The fraction of sp³-hybridized carbons (Fsp3) is 0. The molecule has 0 amide bonds. The lowest BCUT2D eigenvalue weighted by Crippen LogP contribution is -1.94. The second-order valence-corrected chi connectivity index (χ2v) is 13.6. The molecule has 0 aliphatic rings. The number of hydrogen-bond acceptors (Lipinski definition) is 2. The van der Waals surface area contributed by atoms with E-state index in [0.29, 0.717) is 5.56 Å². The molecule has 0 unspecified atom stereocenters. The van der Waals surface area contributed by atoms with E-state index in [2.05, 4.69) is 156 Å². The molecule has 0 fully saturated rings. The van der Waals surface area contributed by atoms with Crippen LogP contribution >= 0.6 is 0 Å². The second-order valence-electron chi connectivity index (χ2n) is 13.6. The average molecular weight is 661 g/mol. The predicted octanol–water partition coefficient (Wildman–Crippen LogP) is 13.3. The molecule has 0 saturated heterocycles. The van der Waals surface area contributed by atoms with Gasteiger partial charge in [-0.1, -0.05) is 115 Å². The summed E-state index contributed by atoms with van der Waals surface area (Å²) in [7, 11) is 0. The maximum atomic E-state index is 9.98. The molecule has 0 aliphatic carbocycles. The van der Waals surface area contributed by atoms with Crippen LogP contribution in [0.5, 0.6) is 0 Å². The Labute approximate surface area is 298 Å². The highest BCUT2D eigenvalue weighted by Gasteiger charge is 2.20. The SMILES string of the molecule is N#Cc1ccc2c(c1)c1cc(-c3c4ccccc4c(-c4cccc5ccccc45)c4ccccc34)ccc1n2-c1ccc2oc3ccccc3c2c1. The van der Waals surface area contributed by atoms with Crippen molar-refractivity contribution in [1.82, 2.24) is 4.57 Å². The molecular formula is C49H28N2O. The standard InChI is InChI=1S/C49H28N2O/c50-29-30-20-23-44-41(26-30)42-27-32(21-24-45(42)51(44)33-22-25-47-43(28-33)35-13-7-8-19-46(35)52-47)48-37-14-3-5-16-39(37)49(40-17-6-4-15-38(40)48)36-18-9-11-31-10-1-2-12-34(31)36/h1-28H. The van der Waals surface area contributed by atoms with Crippen molar-refractivity contribution < 1.29 is 4.42 Å². The molecule has 2 heterocycles. The number of hydrogen-bond donors (Lipinski definition) is 0. The summed E-state index contributed by atoms with van der Waals surface area (Å²) in [6, 6.07) is 62.8. The molecule has 0 N–H and O–H groups in total. The topological polar surface area (TPSA) is 41.9 Å². The molecule has 0 aliphatic heterocycles. The van der Waals surface area contributed by atoms with E-state index in [1.807, 2.05) is 24.3 Å². The zero-order chi connectivity index (χ0) is 34.3. The van der Waals surface area contributed by atoms with Crippen molar-refractivity contribution in [3.05, 3.63) is 175 Å². The van der Waals surface area contributed by atoms with Crippen LogP contribution < -0.4 is 0 Å². The smallest absolute Gasteiger partial charge is 0.135 e. The van der Waals surface area contributed by atoms with Gasteiger partial charge in [-0.25, -0.2) is 0 Å². The maximum absolute atomic E-state index is 9.98. The highest BCUT2D eigenvalue weighted by atomic mass is 16.3. The van der Waals surface area contributed by atoms with Gasteiger partial charge >= 0.3 is 0 Å². The van der Waals surface area contributed by atoms with Gasteiger partial charge in [0.1, 0.15) is 11.2 Å². The third-order valence-corrected chi connectivity index (χ3v) is 10.8. The third kappa shape index (κ3) is 4.07. The quantitative estimate of drug-likeness (QED) is 0.177. The highest BCUT2D eigenvalue weighted by Crippen LogP contribution is 2.46. The zero-order valence-corrected chi connectivity index (χ0v) is 28.0. The van der Waals surface area contributed by atoms with Gasteiger partial charge in [0.25, 0.3) is 0 Å². The minimum absolute atomic E-state index is 0.642. The number of furan rings is 1. The Kier molecular flexibility index (Phi) is 6.02. The minimum atomic E-state index is 0.642. The van der Waals surface area contributed by atoms with Gasteiger partial charge in [0.05, 0.1) is 22.7 Å². The van der Waals surface area contributed by atoms with Gasteiger partial charge in [-0.15, -0.1) is 0 Å². The van der Waals surface area contributed by atoms with Crippen molar-refractivity contribution >= 4 is 76.1 Å². The molecule has 3 heteroatoms. The van der Waals surface area contributed by atoms with E-state index >= 15 is 0 Å². The number of nitrogens with zero attached hydrogens (tertiary/aromatic N) is 2. The fourth-order valence-corrected chi connectivity index (χ4v) is 8.55. The summed E-state index contributed by atoms with van der Waals surface area (Å²) in [5, 5.41) is 21.7. The molecule has 2 aromatic heterocycles. The maximum Gasteiger partial charge on any atom is 0.135 e. The Morgan fingerprint density at radius 2 is 1.02 bits per heavy atom. The van der Waals surface area contributed by atoms with E-state index in [1.165, 1.54) is 49.0 Å². The molecule has 11 aromatic rings. The van der Waals surface area contributed by atoms with Crippen LogP contribution in [0.25, 0.3) is 104 Å². The molecule has 0 atom stereocenters. The summed E-state index contributed by atoms with van der Waals surface area (Å²) in [5.74, 6) is 0. The van der Waals surface area contributed by atoms with Crippen LogP contribution in [0.2, 0.25) is 0 Å². The molecular weight excluding hydrogens is 633 g/mol. The van der Waals surface area contributed by atoms with Gasteiger partial charge in [-0.3, -0.25) is 0 Å². The molecule has 0 radical (unpaired) electrons. The van der Waals surface area contributed by atoms with Crippen molar-refractivity contribution in [3.8, 4) is 34.0 Å². The summed E-state index contributed by atoms with van der Waals surface area (Å²) in [5.41, 5.74) is 10.4. The average Bonchev–Trinajstić information content (AvgIpc) is 3.74. The number of fused-ring (bicyclic) bond motifs is 9. The predicted molar refractivity (Wildman–Crippen MR) is 216 cm³/mol. The van der Waals surface area contributed by atoms with Crippen molar-refractivity contribution in [2.45, 2.75) is 0 Å². The molecule has 0 bridgehead atoms. The van der Waals surface area contributed by atoms with Crippen molar-refractivity contribution in [2.24, 2.45) is 0 Å². The van der Waals surface area contributed by atoms with Crippen LogP contribution in [0, 0.1) is 11.3 Å². The Balaban J connectivity index is 1.21. The van der Waals surface area contributed by atoms with Crippen LogP contribution in [0.4, 0.5) is 0 Å². The number of para-hydroxylation sites is 1. The third-order valence-electron chi connectivity index (χ3n) is 10.8. The highest BCUT2D eigenvalue weighted by molar-refractivity contribution is 6.24. The molecule has 3 nitrogen and oxygen atoms in total. The normalized spacial score (nSPS) is 11.8. The Hall–Kier alpha value is -7.15. The first-order valence-corrected chi connectivity index (χ1v) is 17.6. The summed E-state index contributed by atoms with van der Waals surface area (Å²) < 4.78 is 8.49.